The Morgan fingerprint density at radius 3 is 2.94 bits per heavy atom. The van der Waals surface area contributed by atoms with Crippen LogP contribution in [0.5, 0.6) is 0 Å². The largest absolute Gasteiger partial charge is 0.477 e. The third-order valence-corrected chi connectivity index (χ3v) is 7.25. The van der Waals surface area contributed by atoms with Gasteiger partial charge in [-0.3, -0.25) is 19.2 Å². The van der Waals surface area contributed by atoms with Crippen molar-refractivity contribution in [2.75, 3.05) is 18.1 Å². The van der Waals surface area contributed by atoms with Gasteiger partial charge in [0.1, 0.15) is 23.7 Å². The summed E-state index contributed by atoms with van der Waals surface area (Å²) in [6.07, 6.45) is 5.21. The summed E-state index contributed by atoms with van der Waals surface area (Å²) in [6, 6.07) is 0.866. The second-order valence-electron chi connectivity index (χ2n) is 7.48. The first-order valence-corrected chi connectivity index (χ1v) is 12.2. The fraction of sp³-hybridized carbons (Fsp3) is 0.316. The Kier molecular flexibility index (Phi) is 5.89. The third kappa shape index (κ3) is 3.99. The number of amides is 2. The van der Waals surface area contributed by atoms with Gasteiger partial charge in [-0.25, -0.2) is 14.3 Å². The molecular formula is C19H19N9O5S2. The molecule has 0 unspecified atom stereocenters. The molecule has 5 rings (SSSR count). The van der Waals surface area contributed by atoms with Gasteiger partial charge in [-0.05, 0) is 12.5 Å². The summed E-state index contributed by atoms with van der Waals surface area (Å²) >= 11 is 2.25. The predicted molar refractivity (Wildman–Crippen MR) is 125 cm³/mol. The number of nitrogens with two attached hydrogens (primary N) is 1. The summed E-state index contributed by atoms with van der Waals surface area (Å²) in [4.78, 5) is 52.4. The lowest BCUT2D eigenvalue weighted by Gasteiger charge is -2.49. The van der Waals surface area contributed by atoms with Gasteiger partial charge in [0.05, 0.1) is 6.54 Å². The highest BCUT2D eigenvalue weighted by molar-refractivity contribution is 8.00. The van der Waals surface area contributed by atoms with Gasteiger partial charge in [-0.15, -0.1) is 11.8 Å². The number of hydrogen-bond donors (Lipinski definition) is 3. The molecule has 0 aliphatic carbocycles. The van der Waals surface area contributed by atoms with Crippen molar-refractivity contribution in [2.45, 2.75) is 24.9 Å². The molecule has 0 bridgehead atoms. The van der Waals surface area contributed by atoms with E-state index in [1.165, 1.54) is 16.7 Å². The van der Waals surface area contributed by atoms with Crippen LogP contribution in [0.15, 0.2) is 41.1 Å². The van der Waals surface area contributed by atoms with Crippen LogP contribution in [0.4, 0.5) is 5.13 Å². The van der Waals surface area contributed by atoms with Crippen LogP contribution in [-0.4, -0.2) is 80.8 Å². The highest BCUT2D eigenvalue weighted by Crippen LogP contribution is 2.40. The molecule has 0 aromatic carbocycles. The minimum Gasteiger partial charge on any atom is -0.477 e. The number of hydrogen-bond acceptors (Lipinski definition) is 11. The molecule has 3 aromatic heterocycles. The third-order valence-electron chi connectivity index (χ3n) is 5.36. The minimum absolute atomic E-state index is 0.0238. The number of carbonyl (C=O) groups excluding carboxylic acids is 2. The van der Waals surface area contributed by atoms with Crippen LogP contribution in [-0.2, 0) is 25.8 Å². The number of carbonyl (C=O) groups is 3. The van der Waals surface area contributed by atoms with Gasteiger partial charge in [0.2, 0.25) is 11.5 Å². The molecule has 2 aliphatic heterocycles. The molecule has 5 heterocycles. The number of nitrogens with zero attached hydrogens (tertiary/aromatic N) is 7. The molecule has 182 valence electrons. The van der Waals surface area contributed by atoms with Gasteiger partial charge in [0.15, 0.2) is 10.8 Å². The number of carboxylic acid groups (broad SMARTS) is 1. The monoisotopic (exact) mass is 517 g/mol. The number of nitrogen functional groups attached to an aromatic ring is 1. The van der Waals surface area contributed by atoms with Gasteiger partial charge >= 0.3 is 5.97 Å². The van der Waals surface area contributed by atoms with Crippen molar-refractivity contribution in [3.63, 3.8) is 0 Å². The Morgan fingerprint density at radius 1 is 1.40 bits per heavy atom. The van der Waals surface area contributed by atoms with E-state index in [2.05, 4.69) is 24.8 Å². The Hall–Kier alpha value is -3.92. The van der Waals surface area contributed by atoms with Gasteiger partial charge in [0.25, 0.3) is 11.8 Å². The number of fused-ring (bicyclic) bond motifs is 2. The van der Waals surface area contributed by atoms with Crippen molar-refractivity contribution in [2.24, 2.45) is 5.16 Å². The van der Waals surface area contributed by atoms with E-state index < -0.39 is 29.2 Å². The molecule has 14 nitrogen and oxygen atoms in total. The number of anilines is 1. The summed E-state index contributed by atoms with van der Waals surface area (Å²) in [5, 5.41) is 15.9. The number of rotatable bonds is 8. The first-order valence-electron chi connectivity index (χ1n) is 10.4. The van der Waals surface area contributed by atoms with Crippen molar-refractivity contribution in [1.82, 2.24) is 33.8 Å². The first-order chi connectivity index (χ1) is 16.9. The average Bonchev–Trinajstić information content (AvgIpc) is 3.56. The number of aromatic nitrogens is 5. The van der Waals surface area contributed by atoms with E-state index in [1.54, 1.807) is 30.0 Å². The van der Waals surface area contributed by atoms with Crippen LogP contribution in [0.1, 0.15) is 12.7 Å². The van der Waals surface area contributed by atoms with Crippen LogP contribution in [0, 0.1) is 0 Å². The Labute approximate surface area is 205 Å². The van der Waals surface area contributed by atoms with Gasteiger partial charge < -0.3 is 21.0 Å². The van der Waals surface area contributed by atoms with Gasteiger partial charge in [-0.1, -0.05) is 5.16 Å². The molecule has 0 spiro atoms. The molecule has 1 fully saturated rings. The van der Waals surface area contributed by atoms with E-state index in [1.807, 2.05) is 10.7 Å². The van der Waals surface area contributed by atoms with Crippen LogP contribution >= 0.6 is 23.3 Å². The van der Waals surface area contributed by atoms with Gasteiger partial charge in [0, 0.05) is 41.9 Å². The van der Waals surface area contributed by atoms with E-state index in [0.717, 1.165) is 17.2 Å². The number of nitrogens with one attached hydrogen (secondary N) is 1. The van der Waals surface area contributed by atoms with Crippen LogP contribution in [0.3, 0.4) is 0 Å². The summed E-state index contributed by atoms with van der Waals surface area (Å²) in [5.74, 6) is -2.13. The molecule has 4 N–H and O–H groups in total. The first kappa shape index (κ1) is 22.9. The van der Waals surface area contributed by atoms with Crippen molar-refractivity contribution in [1.29, 1.82) is 0 Å². The Bertz CT molecular complexity index is 1390. The molecule has 35 heavy (non-hydrogen) atoms. The zero-order valence-corrected chi connectivity index (χ0v) is 19.8. The highest BCUT2D eigenvalue weighted by Gasteiger charge is 2.54. The fourth-order valence-electron chi connectivity index (χ4n) is 3.85. The van der Waals surface area contributed by atoms with Crippen molar-refractivity contribution in [3.05, 3.63) is 41.8 Å². The van der Waals surface area contributed by atoms with Crippen LogP contribution in [0.2, 0.25) is 0 Å². The quantitative estimate of drug-likeness (QED) is 0.205. The summed E-state index contributed by atoms with van der Waals surface area (Å²) in [6.45, 7) is 2.16. The molecule has 0 saturated carbocycles. The standard InChI is InChI=1S/C19H19N9O5S2/c1-2-33-24-11(14-23-19(20)35-25-14)15(29)22-12-16(30)28-13(18(31)32)9(8-34-17(12)28)7-26-5-3-10-21-4-6-27(10)26/h3-6,12,17H,2,7-8H2,1H3,(H,22,29)(H,31,32)(H2,20,23,25)/t12-,17+/m1/s1. The van der Waals surface area contributed by atoms with Crippen molar-refractivity contribution < 1.29 is 24.3 Å². The predicted octanol–water partition coefficient (Wildman–Crippen LogP) is -0.251. The maximum absolute atomic E-state index is 13.0. The smallest absolute Gasteiger partial charge is 0.352 e. The zero-order valence-electron chi connectivity index (χ0n) is 18.2. The summed E-state index contributed by atoms with van der Waals surface area (Å²) in [7, 11) is 0. The normalized spacial score (nSPS) is 20.1. The number of aliphatic carboxylic acids is 1. The Balaban J connectivity index is 1.36. The van der Waals surface area contributed by atoms with Crippen molar-refractivity contribution >= 4 is 57.6 Å². The van der Waals surface area contributed by atoms with E-state index in [-0.39, 0.29) is 35.5 Å². The lowest BCUT2D eigenvalue weighted by molar-refractivity contribution is -0.150. The number of imidazole rings is 1. The fourth-order valence-corrected chi connectivity index (χ4v) is 5.62. The number of carboxylic acids is 1. The summed E-state index contributed by atoms with van der Waals surface area (Å²) in [5.41, 5.74) is 6.61. The van der Waals surface area contributed by atoms with Crippen molar-refractivity contribution in [3.8, 4) is 0 Å². The maximum atomic E-state index is 13.0. The summed E-state index contributed by atoms with van der Waals surface area (Å²) < 4.78 is 7.59. The molecule has 2 atom stereocenters. The number of thioether (sulfide) groups is 1. The molecule has 16 heteroatoms. The SMILES string of the molecule is CCON=C(C(=O)N[C@@H]1C(=O)N2C(C(=O)O)=C(Cn3ccc4nccn43)CS[C@@H]12)c1nsc(N)n1. The van der Waals surface area contributed by atoms with Crippen LogP contribution in [0.25, 0.3) is 5.65 Å². The highest BCUT2D eigenvalue weighted by atomic mass is 32.2. The number of oxime groups is 1. The van der Waals surface area contributed by atoms with Crippen LogP contribution < -0.4 is 11.1 Å². The molecule has 1 saturated heterocycles. The topological polar surface area (TPSA) is 182 Å². The minimum atomic E-state index is -1.21. The molecule has 0 radical (unpaired) electrons. The Morgan fingerprint density at radius 2 is 2.23 bits per heavy atom. The second-order valence-corrected chi connectivity index (χ2v) is 9.36. The lowest BCUT2D eigenvalue weighted by atomic mass is 10.0. The van der Waals surface area contributed by atoms with E-state index in [0.29, 0.717) is 11.3 Å². The van der Waals surface area contributed by atoms with Gasteiger partial charge in [-0.2, -0.15) is 9.36 Å². The molecule has 2 aliphatic rings. The second kappa shape index (κ2) is 9.03. The molecule has 3 aromatic rings. The lowest BCUT2D eigenvalue weighted by Crippen LogP contribution is -2.71. The molecule has 2 amide bonds. The average molecular weight is 518 g/mol. The number of β-lactam (4-membered cyclic amide) rings is 1. The van der Waals surface area contributed by atoms with E-state index in [4.69, 9.17) is 10.6 Å². The maximum Gasteiger partial charge on any atom is 0.352 e. The van der Waals surface area contributed by atoms with E-state index >= 15 is 0 Å². The molecular weight excluding hydrogens is 498 g/mol. The van der Waals surface area contributed by atoms with E-state index in [9.17, 15) is 19.5 Å². The zero-order chi connectivity index (χ0) is 24.7.